The van der Waals surface area contributed by atoms with Crippen molar-refractivity contribution in [3.63, 3.8) is 0 Å². The van der Waals surface area contributed by atoms with Crippen LogP contribution in [-0.2, 0) is 20.9 Å². The molecule has 1 aromatic rings. The van der Waals surface area contributed by atoms with Crippen molar-refractivity contribution in [3.8, 4) is 0 Å². The average Bonchev–Trinajstić information content (AvgIpc) is 2.86. The summed E-state index contributed by atoms with van der Waals surface area (Å²) in [6.07, 6.45) is 2.58. The number of carbonyl (C=O) groups excluding carboxylic acids is 2. The summed E-state index contributed by atoms with van der Waals surface area (Å²) in [5.74, 6) is -0.669. The first-order chi connectivity index (χ1) is 11.0. The number of ether oxygens (including phenoxy) is 1. The normalized spacial score (nSPS) is 30.5. The van der Waals surface area contributed by atoms with Crippen molar-refractivity contribution in [2.45, 2.75) is 51.2 Å². The molecule has 0 amide bonds. The SMILES string of the molecule is CC[C@]1(C(=O)OC)C(=O)C[C@H]2CC[C@@H]1N2Cc1ccc(F)cc1. The zero-order valence-corrected chi connectivity index (χ0v) is 13.5. The Kier molecular flexibility index (Phi) is 4.23. The molecule has 0 unspecified atom stereocenters. The number of ketones is 1. The number of Topliss-reactive ketones (excluding diaryl/α,β-unsaturated/α-hetero) is 1. The van der Waals surface area contributed by atoms with Gasteiger partial charge >= 0.3 is 5.97 Å². The van der Waals surface area contributed by atoms with Crippen molar-refractivity contribution in [1.82, 2.24) is 4.90 Å². The molecule has 2 bridgehead atoms. The molecule has 2 heterocycles. The van der Waals surface area contributed by atoms with Crippen LogP contribution in [0.3, 0.4) is 0 Å². The van der Waals surface area contributed by atoms with E-state index in [1.807, 2.05) is 6.92 Å². The van der Waals surface area contributed by atoms with Crippen LogP contribution in [0.15, 0.2) is 24.3 Å². The van der Waals surface area contributed by atoms with Crippen LogP contribution in [0.25, 0.3) is 0 Å². The highest BCUT2D eigenvalue weighted by Gasteiger charge is 2.60. The lowest BCUT2D eigenvalue weighted by atomic mass is 9.70. The number of esters is 1. The Hall–Kier alpha value is -1.75. The largest absolute Gasteiger partial charge is 0.468 e. The number of hydrogen-bond donors (Lipinski definition) is 0. The number of carbonyl (C=O) groups is 2. The van der Waals surface area contributed by atoms with Gasteiger partial charge < -0.3 is 4.74 Å². The summed E-state index contributed by atoms with van der Waals surface area (Å²) >= 11 is 0. The molecule has 2 aliphatic heterocycles. The minimum Gasteiger partial charge on any atom is -0.468 e. The quantitative estimate of drug-likeness (QED) is 0.632. The van der Waals surface area contributed by atoms with E-state index < -0.39 is 11.4 Å². The zero-order valence-electron chi connectivity index (χ0n) is 13.5. The fourth-order valence-corrected chi connectivity index (χ4v) is 4.32. The van der Waals surface area contributed by atoms with E-state index in [0.717, 1.165) is 18.4 Å². The van der Waals surface area contributed by atoms with Gasteiger partial charge in [0.05, 0.1) is 7.11 Å². The molecule has 5 heteroatoms. The van der Waals surface area contributed by atoms with Crippen molar-refractivity contribution < 1.29 is 18.7 Å². The van der Waals surface area contributed by atoms with Gasteiger partial charge in [0.15, 0.2) is 5.78 Å². The molecular weight excluding hydrogens is 297 g/mol. The summed E-state index contributed by atoms with van der Waals surface area (Å²) in [4.78, 5) is 27.4. The van der Waals surface area contributed by atoms with Crippen molar-refractivity contribution in [3.05, 3.63) is 35.6 Å². The van der Waals surface area contributed by atoms with Crippen LogP contribution in [-0.4, -0.2) is 35.8 Å². The minimum absolute atomic E-state index is 0.00899. The van der Waals surface area contributed by atoms with E-state index in [1.165, 1.54) is 19.2 Å². The molecule has 4 nitrogen and oxygen atoms in total. The molecule has 0 radical (unpaired) electrons. The maximum absolute atomic E-state index is 13.1. The first kappa shape index (κ1) is 16.1. The third-order valence-electron chi connectivity index (χ3n) is 5.52. The molecule has 0 N–H and O–H groups in total. The predicted molar refractivity (Wildman–Crippen MR) is 83.1 cm³/mol. The average molecular weight is 319 g/mol. The summed E-state index contributed by atoms with van der Waals surface area (Å²) in [6, 6.07) is 6.45. The monoisotopic (exact) mass is 319 g/mol. The van der Waals surface area contributed by atoms with Crippen LogP contribution < -0.4 is 0 Å². The van der Waals surface area contributed by atoms with Gasteiger partial charge in [-0.05, 0) is 37.0 Å². The molecule has 124 valence electrons. The highest BCUT2D eigenvalue weighted by atomic mass is 19.1. The maximum Gasteiger partial charge on any atom is 0.320 e. The lowest BCUT2D eigenvalue weighted by Crippen LogP contribution is -2.59. The van der Waals surface area contributed by atoms with E-state index in [-0.39, 0.29) is 23.7 Å². The number of nitrogens with zero attached hydrogens (tertiary/aromatic N) is 1. The van der Waals surface area contributed by atoms with E-state index in [0.29, 0.717) is 19.4 Å². The molecule has 2 saturated heterocycles. The topological polar surface area (TPSA) is 46.6 Å². The zero-order chi connectivity index (χ0) is 16.6. The Balaban J connectivity index is 1.92. The summed E-state index contributed by atoms with van der Waals surface area (Å²) in [7, 11) is 1.35. The number of benzene rings is 1. The Bertz CT molecular complexity index is 615. The van der Waals surface area contributed by atoms with Crippen LogP contribution in [0.2, 0.25) is 0 Å². The fourth-order valence-electron chi connectivity index (χ4n) is 4.32. The predicted octanol–water partition coefficient (Wildman–Crippen LogP) is 2.70. The number of rotatable bonds is 4. The first-order valence-electron chi connectivity index (χ1n) is 8.14. The second-order valence-corrected chi connectivity index (χ2v) is 6.49. The van der Waals surface area contributed by atoms with E-state index >= 15 is 0 Å². The highest BCUT2D eigenvalue weighted by molar-refractivity contribution is 6.05. The Morgan fingerprint density at radius 2 is 2.04 bits per heavy atom. The van der Waals surface area contributed by atoms with Crippen LogP contribution in [0.5, 0.6) is 0 Å². The third kappa shape index (κ3) is 2.47. The maximum atomic E-state index is 13.1. The lowest BCUT2D eigenvalue weighted by Gasteiger charge is -2.45. The van der Waals surface area contributed by atoms with Crippen LogP contribution in [0.4, 0.5) is 4.39 Å². The molecule has 1 aromatic carbocycles. The second kappa shape index (κ2) is 6.04. The van der Waals surface area contributed by atoms with Gasteiger partial charge in [0.25, 0.3) is 0 Å². The molecule has 3 atom stereocenters. The molecule has 3 rings (SSSR count). The third-order valence-corrected chi connectivity index (χ3v) is 5.52. The molecule has 0 aliphatic carbocycles. The Morgan fingerprint density at radius 1 is 1.35 bits per heavy atom. The van der Waals surface area contributed by atoms with Crippen LogP contribution in [0, 0.1) is 11.2 Å². The molecule has 0 aromatic heterocycles. The van der Waals surface area contributed by atoms with Gasteiger partial charge in [-0.2, -0.15) is 0 Å². The van der Waals surface area contributed by atoms with Gasteiger partial charge in [0.1, 0.15) is 11.2 Å². The second-order valence-electron chi connectivity index (χ2n) is 6.49. The van der Waals surface area contributed by atoms with Gasteiger partial charge in [0, 0.05) is 25.0 Å². The summed E-state index contributed by atoms with van der Waals surface area (Å²) in [6.45, 7) is 2.51. The lowest BCUT2D eigenvalue weighted by molar-refractivity contribution is -0.167. The number of fused-ring (bicyclic) bond motifs is 2. The number of piperidine rings is 1. The van der Waals surface area contributed by atoms with Crippen molar-refractivity contribution in [2.24, 2.45) is 5.41 Å². The Labute approximate surface area is 135 Å². The van der Waals surface area contributed by atoms with E-state index in [9.17, 15) is 14.0 Å². The van der Waals surface area contributed by atoms with E-state index in [4.69, 9.17) is 4.74 Å². The van der Waals surface area contributed by atoms with Crippen LogP contribution in [0.1, 0.15) is 38.2 Å². The van der Waals surface area contributed by atoms with Crippen molar-refractivity contribution in [1.29, 1.82) is 0 Å². The number of hydrogen-bond acceptors (Lipinski definition) is 4. The number of methoxy groups -OCH3 is 1. The van der Waals surface area contributed by atoms with Gasteiger partial charge in [-0.15, -0.1) is 0 Å². The molecule has 23 heavy (non-hydrogen) atoms. The molecule has 0 saturated carbocycles. The first-order valence-corrected chi connectivity index (χ1v) is 8.14. The van der Waals surface area contributed by atoms with Crippen molar-refractivity contribution in [2.75, 3.05) is 7.11 Å². The smallest absolute Gasteiger partial charge is 0.320 e. The summed E-state index contributed by atoms with van der Waals surface area (Å²) < 4.78 is 18.1. The van der Waals surface area contributed by atoms with E-state index in [2.05, 4.69) is 4.90 Å². The number of halogens is 1. The van der Waals surface area contributed by atoms with Gasteiger partial charge in [-0.3, -0.25) is 14.5 Å². The Morgan fingerprint density at radius 3 is 2.65 bits per heavy atom. The van der Waals surface area contributed by atoms with Crippen molar-refractivity contribution >= 4 is 11.8 Å². The fraction of sp³-hybridized carbons (Fsp3) is 0.556. The summed E-state index contributed by atoms with van der Waals surface area (Å²) in [5, 5.41) is 0. The van der Waals surface area contributed by atoms with Crippen LogP contribution >= 0.6 is 0 Å². The van der Waals surface area contributed by atoms with E-state index in [1.54, 1.807) is 12.1 Å². The van der Waals surface area contributed by atoms with Gasteiger partial charge in [-0.25, -0.2) is 4.39 Å². The highest BCUT2D eigenvalue weighted by Crippen LogP contribution is 2.47. The van der Waals surface area contributed by atoms with Gasteiger partial charge in [0.2, 0.25) is 0 Å². The summed E-state index contributed by atoms with van der Waals surface area (Å²) in [5.41, 5.74) is -0.0607. The van der Waals surface area contributed by atoms with Gasteiger partial charge in [-0.1, -0.05) is 19.1 Å². The standard InChI is InChI=1S/C18H22FNO3/c1-3-18(17(22)23-2)15-9-8-14(10-16(18)21)20(15)11-12-4-6-13(19)7-5-12/h4-7,14-15H,3,8-11H2,1-2H3/t14-,15+,18-/m1/s1. The molecule has 0 spiro atoms. The molecular formula is C18H22FNO3. The minimum atomic E-state index is -1.05. The molecule has 2 aliphatic rings. The molecule has 2 fully saturated rings.